The van der Waals surface area contributed by atoms with Crippen LogP contribution in [-0.2, 0) is 6.54 Å². The van der Waals surface area contributed by atoms with Crippen molar-refractivity contribution in [3.8, 4) is 0 Å². The van der Waals surface area contributed by atoms with Gasteiger partial charge in [0.25, 0.3) is 0 Å². The molecule has 6 heteroatoms. The van der Waals surface area contributed by atoms with Crippen molar-refractivity contribution in [1.82, 2.24) is 15.4 Å². The summed E-state index contributed by atoms with van der Waals surface area (Å²) in [5, 5.41) is 15.4. The Bertz CT molecular complexity index is 745. The lowest BCUT2D eigenvalue weighted by molar-refractivity contribution is 0.392. The molecule has 0 radical (unpaired) electrons. The summed E-state index contributed by atoms with van der Waals surface area (Å²) in [6.07, 6.45) is 0.898. The highest BCUT2D eigenvalue weighted by atomic mass is 16.5. The maximum atomic E-state index is 5.78. The Balaban J connectivity index is 1.72. The summed E-state index contributed by atoms with van der Waals surface area (Å²) < 4.78 is 10.9. The van der Waals surface area contributed by atoms with Gasteiger partial charge in [0.05, 0.1) is 11.6 Å². The third-order valence-electron chi connectivity index (χ3n) is 3.95. The van der Waals surface area contributed by atoms with Gasteiger partial charge in [-0.2, -0.15) is 0 Å². The normalized spacial score (nSPS) is 12.3. The summed E-state index contributed by atoms with van der Waals surface area (Å²) >= 11 is 0. The molecule has 23 heavy (non-hydrogen) atoms. The van der Waals surface area contributed by atoms with Crippen LogP contribution in [0.4, 0.5) is 6.01 Å². The molecule has 2 heterocycles. The molecular weight excluding hydrogens is 292 g/mol. The van der Waals surface area contributed by atoms with Crippen LogP contribution >= 0.6 is 0 Å². The molecule has 1 N–H and O–H groups in total. The summed E-state index contributed by atoms with van der Waals surface area (Å²) in [6.45, 7) is 6.46. The Morgan fingerprint density at radius 2 is 1.91 bits per heavy atom. The van der Waals surface area contributed by atoms with Crippen LogP contribution in [0.25, 0.3) is 0 Å². The van der Waals surface area contributed by atoms with Gasteiger partial charge in [-0.25, -0.2) is 0 Å². The number of hydrogen-bond acceptors (Lipinski definition) is 6. The molecule has 0 amide bonds. The van der Waals surface area contributed by atoms with Crippen molar-refractivity contribution in [3.05, 3.63) is 58.8 Å². The van der Waals surface area contributed by atoms with E-state index in [0.717, 1.165) is 23.4 Å². The third-order valence-corrected chi connectivity index (χ3v) is 3.95. The Kier molecular flexibility index (Phi) is 4.41. The van der Waals surface area contributed by atoms with Crippen molar-refractivity contribution >= 4 is 6.01 Å². The molecule has 0 bridgehead atoms. The van der Waals surface area contributed by atoms with E-state index in [1.165, 1.54) is 5.56 Å². The van der Waals surface area contributed by atoms with Gasteiger partial charge in [0, 0.05) is 12.1 Å². The lowest BCUT2D eigenvalue weighted by Gasteiger charge is -2.10. The molecule has 2 aromatic heterocycles. The van der Waals surface area contributed by atoms with E-state index < -0.39 is 0 Å². The Morgan fingerprint density at radius 1 is 1.13 bits per heavy atom. The van der Waals surface area contributed by atoms with Crippen molar-refractivity contribution in [1.29, 1.82) is 0 Å². The van der Waals surface area contributed by atoms with E-state index in [-0.39, 0.29) is 5.92 Å². The first-order chi connectivity index (χ1) is 11.2. The number of aryl methyl sites for hydroxylation is 2. The van der Waals surface area contributed by atoms with Crippen molar-refractivity contribution in [2.45, 2.75) is 39.7 Å². The molecule has 1 atom stereocenters. The highest BCUT2D eigenvalue weighted by Crippen LogP contribution is 2.27. The predicted molar refractivity (Wildman–Crippen MR) is 86.2 cm³/mol. The van der Waals surface area contributed by atoms with Crippen LogP contribution < -0.4 is 5.32 Å². The van der Waals surface area contributed by atoms with Crippen LogP contribution in [0, 0.1) is 13.8 Å². The molecule has 0 fully saturated rings. The quantitative estimate of drug-likeness (QED) is 0.745. The van der Waals surface area contributed by atoms with Crippen molar-refractivity contribution in [2.24, 2.45) is 0 Å². The minimum Gasteiger partial charge on any atom is -0.407 e. The SMILES string of the molecule is CCC(c1ccccc1)c1nnc(NCc2c(C)noc2C)o1. The van der Waals surface area contributed by atoms with Gasteiger partial charge >= 0.3 is 6.01 Å². The minimum atomic E-state index is 0.110. The van der Waals surface area contributed by atoms with E-state index in [1.54, 1.807) is 0 Å². The smallest absolute Gasteiger partial charge is 0.315 e. The summed E-state index contributed by atoms with van der Waals surface area (Å²) in [5.41, 5.74) is 3.06. The van der Waals surface area contributed by atoms with Crippen molar-refractivity contribution < 1.29 is 8.94 Å². The summed E-state index contributed by atoms with van der Waals surface area (Å²) in [6, 6.07) is 10.6. The number of nitrogens with one attached hydrogen (secondary N) is 1. The summed E-state index contributed by atoms with van der Waals surface area (Å²) in [7, 11) is 0. The number of anilines is 1. The largest absolute Gasteiger partial charge is 0.407 e. The molecule has 3 aromatic rings. The van der Waals surface area contributed by atoms with Crippen LogP contribution in [0.5, 0.6) is 0 Å². The fourth-order valence-corrected chi connectivity index (χ4v) is 2.60. The summed E-state index contributed by atoms with van der Waals surface area (Å²) in [4.78, 5) is 0. The maximum absolute atomic E-state index is 5.78. The fraction of sp³-hybridized carbons (Fsp3) is 0.353. The van der Waals surface area contributed by atoms with E-state index >= 15 is 0 Å². The van der Waals surface area contributed by atoms with E-state index in [0.29, 0.717) is 18.5 Å². The molecule has 0 aliphatic heterocycles. The first-order valence-electron chi connectivity index (χ1n) is 7.73. The average Bonchev–Trinajstić information content (AvgIpc) is 3.15. The number of hydrogen-bond donors (Lipinski definition) is 1. The van der Waals surface area contributed by atoms with Gasteiger partial charge in [-0.05, 0) is 25.8 Å². The minimum absolute atomic E-state index is 0.110. The molecule has 120 valence electrons. The van der Waals surface area contributed by atoms with Crippen molar-refractivity contribution in [2.75, 3.05) is 5.32 Å². The second-order valence-corrected chi connectivity index (χ2v) is 5.47. The Hall–Kier alpha value is -2.63. The number of nitrogens with zero attached hydrogens (tertiary/aromatic N) is 3. The first-order valence-corrected chi connectivity index (χ1v) is 7.73. The van der Waals surface area contributed by atoms with Gasteiger partial charge in [-0.15, -0.1) is 5.10 Å². The molecule has 3 rings (SSSR count). The van der Waals surface area contributed by atoms with Crippen LogP contribution in [0.2, 0.25) is 0 Å². The van der Waals surface area contributed by atoms with Gasteiger partial charge < -0.3 is 14.3 Å². The maximum Gasteiger partial charge on any atom is 0.315 e. The molecule has 0 saturated heterocycles. The zero-order valence-corrected chi connectivity index (χ0v) is 13.5. The Morgan fingerprint density at radius 3 is 2.57 bits per heavy atom. The van der Waals surface area contributed by atoms with Crippen molar-refractivity contribution in [3.63, 3.8) is 0 Å². The number of rotatable bonds is 6. The fourth-order valence-electron chi connectivity index (χ4n) is 2.60. The zero-order chi connectivity index (χ0) is 16.2. The molecule has 0 aliphatic rings. The standard InChI is InChI=1S/C17H20N4O2/c1-4-14(13-8-6-5-7-9-13)16-19-20-17(22-16)18-10-15-11(2)21-23-12(15)3/h5-9,14H,4,10H2,1-3H3,(H,18,20). The second kappa shape index (κ2) is 6.64. The van der Waals surface area contributed by atoms with E-state index in [9.17, 15) is 0 Å². The molecule has 6 nitrogen and oxygen atoms in total. The van der Waals surface area contributed by atoms with Gasteiger partial charge in [-0.3, -0.25) is 0 Å². The monoisotopic (exact) mass is 312 g/mol. The van der Waals surface area contributed by atoms with E-state index in [2.05, 4.69) is 39.7 Å². The summed E-state index contributed by atoms with van der Waals surface area (Å²) in [5.74, 6) is 1.53. The molecular formula is C17H20N4O2. The van der Waals surface area contributed by atoms with Gasteiger partial charge in [0.1, 0.15) is 5.76 Å². The average molecular weight is 312 g/mol. The van der Waals surface area contributed by atoms with E-state index in [1.807, 2.05) is 32.0 Å². The van der Waals surface area contributed by atoms with Crippen LogP contribution in [0.15, 0.2) is 39.3 Å². The molecule has 1 aromatic carbocycles. The number of aromatic nitrogens is 3. The topological polar surface area (TPSA) is 77.0 Å². The lowest BCUT2D eigenvalue weighted by Crippen LogP contribution is -2.01. The molecule has 0 spiro atoms. The number of benzene rings is 1. The third kappa shape index (κ3) is 3.26. The second-order valence-electron chi connectivity index (χ2n) is 5.47. The molecule has 1 unspecified atom stereocenters. The zero-order valence-electron chi connectivity index (χ0n) is 13.5. The molecule has 0 aliphatic carbocycles. The predicted octanol–water partition coefficient (Wildman–Crippen LogP) is 3.83. The highest BCUT2D eigenvalue weighted by Gasteiger charge is 2.19. The van der Waals surface area contributed by atoms with Gasteiger partial charge in [-0.1, -0.05) is 47.5 Å². The van der Waals surface area contributed by atoms with Crippen LogP contribution in [0.3, 0.4) is 0 Å². The highest BCUT2D eigenvalue weighted by molar-refractivity contribution is 5.29. The van der Waals surface area contributed by atoms with Crippen LogP contribution in [-0.4, -0.2) is 15.4 Å². The van der Waals surface area contributed by atoms with Crippen LogP contribution in [0.1, 0.15) is 47.7 Å². The first kappa shape index (κ1) is 15.3. The van der Waals surface area contributed by atoms with Gasteiger partial charge in [0.2, 0.25) is 5.89 Å². The Labute approximate surface area is 134 Å². The van der Waals surface area contributed by atoms with Gasteiger partial charge in [0.15, 0.2) is 0 Å². The lowest BCUT2D eigenvalue weighted by atomic mass is 9.97. The van der Waals surface area contributed by atoms with E-state index in [4.69, 9.17) is 8.94 Å². The molecule has 0 saturated carbocycles.